The van der Waals surface area contributed by atoms with E-state index >= 15 is 0 Å². The Kier molecular flexibility index (Phi) is 4.56. The molecule has 0 radical (unpaired) electrons. The van der Waals surface area contributed by atoms with Gasteiger partial charge in [-0.2, -0.15) is 0 Å². The maximum atomic E-state index is 12.0. The fourth-order valence-electron chi connectivity index (χ4n) is 2.42. The molecule has 3 aromatic rings. The van der Waals surface area contributed by atoms with E-state index in [1.165, 1.54) is 7.11 Å². The molecule has 1 aromatic heterocycles. The standard InChI is InChI=1S/C18H17N3O3/c1-24-17(22)10-11-19-18(23)13-6-8-14(9-7-13)21-12-20-15-4-2-3-5-16(15)21/h2-9,12H,10-11H2,1H3,(H,19,23). The number of esters is 1. The van der Waals surface area contributed by atoms with Gasteiger partial charge in [0.05, 0.1) is 24.6 Å². The van der Waals surface area contributed by atoms with Crippen LogP contribution in [0.5, 0.6) is 0 Å². The largest absolute Gasteiger partial charge is 0.469 e. The Hall–Kier alpha value is -3.15. The van der Waals surface area contributed by atoms with Crippen LogP contribution in [0.3, 0.4) is 0 Å². The summed E-state index contributed by atoms with van der Waals surface area (Å²) in [7, 11) is 1.32. The van der Waals surface area contributed by atoms with Gasteiger partial charge in [0.1, 0.15) is 6.33 Å². The van der Waals surface area contributed by atoms with Crippen molar-refractivity contribution < 1.29 is 14.3 Å². The summed E-state index contributed by atoms with van der Waals surface area (Å²) in [6.45, 7) is 0.249. The van der Waals surface area contributed by atoms with E-state index in [1.54, 1.807) is 18.5 Å². The number of hydrogen-bond donors (Lipinski definition) is 1. The van der Waals surface area contributed by atoms with E-state index in [1.807, 2.05) is 41.0 Å². The first-order valence-corrected chi connectivity index (χ1v) is 7.56. The normalized spacial score (nSPS) is 10.5. The van der Waals surface area contributed by atoms with E-state index in [0.717, 1.165) is 16.7 Å². The molecule has 0 saturated carbocycles. The third-order valence-corrected chi connectivity index (χ3v) is 3.70. The SMILES string of the molecule is COC(=O)CCNC(=O)c1ccc(-n2cnc3ccccc32)cc1. The van der Waals surface area contributed by atoms with Gasteiger partial charge in [0.2, 0.25) is 0 Å². The predicted molar refractivity (Wildman–Crippen MR) is 90.0 cm³/mol. The number of nitrogens with one attached hydrogen (secondary N) is 1. The summed E-state index contributed by atoms with van der Waals surface area (Å²) in [6, 6.07) is 15.1. The molecule has 0 atom stereocenters. The van der Waals surface area contributed by atoms with Gasteiger partial charge < -0.3 is 10.1 Å². The first-order chi connectivity index (χ1) is 11.7. The molecule has 3 rings (SSSR count). The van der Waals surface area contributed by atoms with Gasteiger partial charge in [0.25, 0.3) is 5.91 Å². The lowest BCUT2D eigenvalue weighted by atomic mass is 10.2. The molecule has 2 aromatic carbocycles. The lowest BCUT2D eigenvalue weighted by molar-refractivity contribution is -0.140. The number of benzene rings is 2. The second-order valence-electron chi connectivity index (χ2n) is 5.23. The number of methoxy groups -OCH3 is 1. The number of fused-ring (bicyclic) bond motifs is 1. The van der Waals surface area contributed by atoms with Crippen molar-refractivity contribution in [3.8, 4) is 5.69 Å². The Morgan fingerprint density at radius 3 is 2.62 bits per heavy atom. The molecule has 0 aliphatic heterocycles. The summed E-state index contributed by atoms with van der Waals surface area (Å²) in [6.07, 6.45) is 1.91. The number of ether oxygens (including phenoxy) is 1. The minimum atomic E-state index is -0.349. The lowest BCUT2D eigenvalue weighted by Crippen LogP contribution is -2.26. The van der Waals surface area contributed by atoms with E-state index in [4.69, 9.17) is 0 Å². The molecule has 1 amide bonds. The summed E-state index contributed by atoms with van der Waals surface area (Å²) in [5.41, 5.74) is 3.39. The molecule has 122 valence electrons. The minimum absolute atomic E-state index is 0.154. The monoisotopic (exact) mass is 323 g/mol. The number of hydrogen-bond acceptors (Lipinski definition) is 4. The second-order valence-corrected chi connectivity index (χ2v) is 5.23. The van der Waals surface area contributed by atoms with Crippen LogP contribution in [0.25, 0.3) is 16.7 Å². The van der Waals surface area contributed by atoms with E-state index in [9.17, 15) is 9.59 Å². The number of aromatic nitrogens is 2. The first kappa shape index (κ1) is 15.7. The molecule has 0 aliphatic rings. The van der Waals surface area contributed by atoms with Gasteiger partial charge in [-0.25, -0.2) is 4.98 Å². The van der Waals surface area contributed by atoms with Crippen LogP contribution in [0.15, 0.2) is 54.9 Å². The Balaban J connectivity index is 1.71. The summed E-state index contributed by atoms with van der Waals surface area (Å²) < 4.78 is 6.50. The third kappa shape index (κ3) is 3.27. The molecule has 0 aliphatic carbocycles. The van der Waals surface area contributed by atoms with Crippen molar-refractivity contribution in [1.29, 1.82) is 0 Å². The molecule has 0 bridgehead atoms. The predicted octanol–water partition coefficient (Wildman–Crippen LogP) is 2.32. The zero-order valence-electron chi connectivity index (χ0n) is 13.2. The molecule has 0 fully saturated rings. The van der Waals surface area contributed by atoms with Crippen molar-refractivity contribution in [2.24, 2.45) is 0 Å². The molecular formula is C18H17N3O3. The van der Waals surface area contributed by atoms with Crippen molar-refractivity contribution in [1.82, 2.24) is 14.9 Å². The van der Waals surface area contributed by atoms with Crippen LogP contribution in [-0.2, 0) is 9.53 Å². The van der Waals surface area contributed by atoms with E-state index < -0.39 is 0 Å². The highest BCUT2D eigenvalue weighted by Gasteiger charge is 2.08. The van der Waals surface area contributed by atoms with Crippen molar-refractivity contribution in [3.05, 3.63) is 60.4 Å². The van der Waals surface area contributed by atoms with Crippen LogP contribution in [0, 0.1) is 0 Å². The van der Waals surface area contributed by atoms with Crippen LogP contribution < -0.4 is 5.32 Å². The second kappa shape index (κ2) is 6.95. The van der Waals surface area contributed by atoms with E-state index in [0.29, 0.717) is 5.56 Å². The molecular weight excluding hydrogens is 306 g/mol. The number of amides is 1. The minimum Gasteiger partial charge on any atom is -0.469 e. The highest BCUT2D eigenvalue weighted by Crippen LogP contribution is 2.18. The number of carbonyl (C=O) groups is 2. The van der Waals surface area contributed by atoms with Gasteiger partial charge in [-0.1, -0.05) is 12.1 Å². The van der Waals surface area contributed by atoms with Crippen LogP contribution in [0.4, 0.5) is 0 Å². The van der Waals surface area contributed by atoms with Gasteiger partial charge in [-0.3, -0.25) is 14.2 Å². The summed E-state index contributed by atoms with van der Waals surface area (Å²) in [5, 5.41) is 2.69. The molecule has 1 heterocycles. The number of imidazole rings is 1. The highest BCUT2D eigenvalue weighted by atomic mass is 16.5. The van der Waals surface area contributed by atoms with E-state index in [2.05, 4.69) is 15.0 Å². The average Bonchev–Trinajstić information content (AvgIpc) is 3.05. The van der Waals surface area contributed by atoms with Crippen LogP contribution in [0.2, 0.25) is 0 Å². The summed E-state index contributed by atoms with van der Waals surface area (Å²) in [5.74, 6) is -0.571. The topological polar surface area (TPSA) is 73.2 Å². The van der Waals surface area contributed by atoms with Crippen molar-refractivity contribution in [2.75, 3.05) is 13.7 Å². The Morgan fingerprint density at radius 2 is 1.88 bits per heavy atom. The molecule has 1 N–H and O–H groups in total. The molecule has 24 heavy (non-hydrogen) atoms. The lowest BCUT2D eigenvalue weighted by Gasteiger charge is -2.07. The highest BCUT2D eigenvalue weighted by molar-refractivity contribution is 5.94. The molecule has 0 spiro atoms. The number of para-hydroxylation sites is 2. The first-order valence-electron chi connectivity index (χ1n) is 7.56. The van der Waals surface area contributed by atoms with Gasteiger partial charge >= 0.3 is 5.97 Å². The Labute approximate surface area is 139 Å². The van der Waals surface area contributed by atoms with E-state index in [-0.39, 0.29) is 24.8 Å². The number of rotatable bonds is 5. The summed E-state index contributed by atoms with van der Waals surface area (Å²) >= 11 is 0. The quantitative estimate of drug-likeness (QED) is 0.731. The van der Waals surface area contributed by atoms with Gasteiger partial charge in [-0.15, -0.1) is 0 Å². The molecule has 0 saturated heterocycles. The van der Waals surface area contributed by atoms with Gasteiger partial charge in [-0.05, 0) is 36.4 Å². The maximum Gasteiger partial charge on any atom is 0.307 e. The number of nitrogens with zero attached hydrogens (tertiary/aromatic N) is 2. The fourth-order valence-corrected chi connectivity index (χ4v) is 2.42. The van der Waals surface area contributed by atoms with Crippen LogP contribution in [-0.4, -0.2) is 35.1 Å². The Morgan fingerprint density at radius 1 is 1.12 bits per heavy atom. The van der Waals surface area contributed by atoms with Gasteiger partial charge in [0, 0.05) is 17.8 Å². The van der Waals surface area contributed by atoms with Crippen molar-refractivity contribution in [3.63, 3.8) is 0 Å². The zero-order valence-corrected chi connectivity index (χ0v) is 13.2. The van der Waals surface area contributed by atoms with Gasteiger partial charge in [0.15, 0.2) is 0 Å². The number of carbonyl (C=O) groups excluding carboxylic acids is 2. The molecule has 6 nitrogen and oxygen atoms in total. The van der Waals surface area contributed by atoms with Crippen molar-refractivity contribution >= 4 is 22.9 Å². The zero-order chi connectivity index (χ0) is 16.9. The van der Waals surface area contributed by atoms with Crippen LogP contribution >= 0.6 is 0 Å². The average molecular weight is 323 g/mol. The Bertz CT molecular complexity index is 869. The maximum absolute atomic E-state index is 12.0. The molecule has 6 heteroatoms. The summed E-state index contributed by atoms with van der Waals surface area (Å²) in [4.78, 5) is 27.4. The van der Waals surface area contributed by atoms with Crippen LogP contribution in [0.1, 0.15) is 16.8 Å². The third-order valence-electron chi connectivity index (χ3n) is 3.70. The van der Waals surface area contributed by atoms with Crippen molar-refractivity contribution in [2.45, 2.75) is 6.42 Å². The molecule has 0 unspecified atom stereocenters. The smallest absolute Gasteiger partial charge is 0.307 e. The fraction of sp³-hybridized carbons (Fsp3) is 0.167.